The van der Waals surface area contributed by atoms with Gasteiger partial charge < -0.3 is 14.2 Å². The number of benzene rings is 1. The Bertz CT molecular complexity index is 1010. The SMILES string of the molecule is CC(C)Cn1c(SCC(=O)N(C)C)nnc1-c1cccc(S(=O)(=O)N2CCOCC2)c1. The number of hydrogen-bond donors (Lipinski definition) is 0. The Hall–Kier alpha value is -1.95. The molecule has 1 aromatic carbocycles. The van der Waals surface area contributed by atoms with Crippen molar-refractivity contribution < 1.29 is 17.9 Å². The van der Waals surface area contributed by atoms with Gasteiger partial charge in [-0.1, -0.05) is 37.7 Å². The van der Waals surface area contributed by atoms with E-state index in [4.69, 9.17) is 4.74 Å². The van der Waals surface area contributed by atoms with Gasteiger partial charge in [0.15, 0.2) is 11.0 Å². The topological polar surface area (TPSA) is 97.6 Å². The van der Waals surface area contributed by atoms with Gasteiger partial charge >= 0.3 is 0 Å². The zero-order valence-electron chi connectivity index (χ0n) is 18.3. The third-order valence-electron chi connectivity index (χ3n) is 4.79. The largest absolute Gasteiger partial charge is 0.379 e. The molecular formula is C20H29N5O4S2. The van der Waals surface area contributed by atoms with Crippen LogP contribution in [0.25, 0.3) is 11.4 Å². The Balaban J connectivity index is 1.93. The van der Waals surface area contributed by atoms with Gasteiger partial charge in [-0.2, -0.15) is 4.31 Å². The average molecular weight is 468 g/mol. The lowest BCUT2D eigenvalue weighted by Crippen LogP contribution is -2.40. The first kappa shape index (κ1) is 23.7. The second-order valence-electron chi connectivity index (χ2n) is 7.93. The van der Waals surface area contributed by atoms with E-state index in [1.54, 1.807) is 32.3 Å². The lowest BCUT2D eigenvalue weighted by molar-refractivity contribution is -0.125. The molecular weight excluding hydrogens is 438 g/mol. The van der Waals surface area contributed by atoms with Crippen LogP contribution >= 0.6 is 11.8 Å². The van der Waals surface area contributed by atoms with Crippen molar-refractivity contribution in [3.05, 3.63) is 24.3 Å². The van der Waals surface area contributed by atoms with Crippen LogP contribution in [0.4, 0.5) is 0 Å². The fraction of sp³-hybridized carbons (Fsp3) is 0.550. The maximum absolute atomic E-state index is 13.1. The van der Waals surface area contributed by atoms with Crippen LogP contribution in [0.2, 0.25) is 0 Å². The number of rotatable bonds is 8. The number of carbonyl (C=O) groups is 1. The third kappa shape index (κ3) is 5.65. The predicted octanol–water partition coefficient (Wildman–Crippen LogP) is 1.80. The monoisotopic (exact) mass is 467 g/mol. The molecule has 170 valence electrons. The fourth-order valence-electron chi connectivity index (χ4n) is 3.13. The van der Waals surface area contributed by atoms with Gasteiger partial charge in [0.1, 0.15) is 0 Å². The van der Waals surface area contributed by atoms with E-state index in [0.29, 0.717) is 55.3 Å². The van der Waals surface area contributed by atoms with Gasteiger partial charge in [0.2, 0.25) is 15.9 Å². The molecule has 31 heavy (non-hydrogen) atoms. The van der Waals surface area contributed by atoms with Crippen LogP contribution in [0.5, 0.6) is 0 Å². The van der Waals surface area contributed by atoms with Gasteiger partial charge in [-0.05, 0) is 18.1 Å². The van der Waals surface area contributed by atoms with Gasteiger partial charge in [-0.15, -0.1) is 10.2 Å². The molecule has 1 fully saturated rings. The van der Waals surface area contributed by atoms with Crippen molar-refractivity contribution in [2.24, 2.45) is 5.92 Å². The molecule has 0 N–H and O–H groups in total. The van der Waals surface area contributed by atoms with E-state index in [1.807, 2.05) is 10.6 Å². The van der Waals surface area contributed by atoms with E-state index in [2.05, 4.69) is 24.0 Å². The number of nitrogens with zero attached hydrogens (tertiary/aromatic N) is 5. The van der Waals surface area contributed by atoms with Crippen LogP contribution in [-0.2, 0) is 26.1 Å². The quantitative estimate of drug-likeness (QED) is 0.546. The smallest absolute Gasteiger partial charge is 0.243 e. The van der Waals surface area contributed by atoms with Gasteiger partial charge in [0.05, 0.1) is 23.9 Å². The Labute approximate surface area is 187 Å². The molecule has 11 heteroatoms. The van der Waals surface area contributed by atoms with Crippen molar-refractivity contribution in [1.29, 1.82) is 0 Å². The highest BCUT2D eigenvalue weighted by molar-refractivity contribution is 7.99. The van der Waals surface area contributed by atoms with Gasteiger partial charge in [0.25, 0.3) is 0 Å². The van der Waals surface area contributed by atoms with Gasteiger partial charge in [-0.25, -0.2) is 8.42 Å². The standard InChI is InChI=1S/C20H29N5O4S2/c1-15(2)13-25-19(21-22-20(25)30-14-18(26)23(3)4)16-6-5-7-17(12-16)31(27,28)24-8-10-29-11-9-24/h5-7,12,15H,8-11,13-14H2,1-4H3. The van der Waals surface area contributed by atoms with Crippen molar-refractivity contribution in [3.8, 4) is 11.4 Å². The number of amides is 1. The number of thioether (sulfide) groups is 1. The summed E-state index contributed by atoms with van der Waals surface area (Å²) in [6.07, 6.45) is 0. The molecule has 0 radical (unpaired) electrons. The number of morpholine rings is 1. The lowest BCUT2D eigenvalue weighted by Gasteiger charge is -2.26. The van der Waals surface area contributed by atoms with E-state index in [1.165, 1.54) is 21.0 Å². The number of aromatic nitrogens is 3. The maximum atomic E-state index is 13.1. The molecule has 3 rings (SSSR count). The molecule has 0 aliphatic carbocycles. The highest BCUT2D eigenvalue weighted by atomic mass is 32.2. The van der Waals surface area contributed by atoms with E-state index in [-0.39, 0.29) is 16.6 Å². The molecule has 1 aromatic heterocycles. The summed E-state index contributed by atoms with van der Waals surface area (Å²) in [4.78, 5) is 13.8. The van der Waals surface area contributed by atoms with Crippen molar-refractivity contribution >= 4 is 27.7 Å². The van der Waals surface area contributed by atoms with Crippen LogP contribution in [-0.4, -0.2) is 84.4 Å². The normalized spacial score (nSPS) is 15.4. The van der Waals surface area contributed by atoms with Crippen LogP contribution < -0.4 is 0 Å². The van der Waals surface area contributed by atoms with Crippen LogP contribution in [0.3, 0.4) is 0 Å². The predicted molar refractivity (Wildman–Crippen MR) is 119 cm³/mol. The minimum atomic E-state index is -3.61. The highest BCUT2D eigenvalue weighted by Crippen LogP contribution is 2.28. The summed E-state index contributed by atoms with van der Waals surface area (Å²) in [7, 11) is -0.180. The molecule has 1 aliphatic rings. The van der Waals surface area contributed by atoms with E-state index in [9.17, 15) is 13.2 Å². The molecule has 2 aromatic rings. The summed E-state index contributed by atoms with van der Waals surface area (Å²) >= 11 is 1.33. The third-order valence-corrected chi connectivity index (χ3v) is 7.63. The summed E-state index contributed by atoms with van der Waals surface area (Å²) in [5.41, 5.74) is 0.674. The molecule has 0 spiro atoms. The Morgan fingerprint density at radius 2 is 1.94 bits per heavy atom. The molecule has 0 saturated carbocycles. The molecule has 0 atom stereocenters. The number of hydrogen-bond acceptors (Lipinski definition) is 7. The first-order valence-electron chi connectivity index (χ1n) is 10.1. The van der Waals surface area contributed by atoms with Crippen LogP contribution in [0.1, 0.15) is 13.8 Å². The van der Waals surface area contributed by atoms with Crippen LogP contribution in [0.15, 0.2) is 34.3 Å². The lowest BCUT2D eigenvalue weighted by atomic mass is 10.2. The molecule has 0 bridgehead atoms. The zero-order chi connectivity index (χ0) is 22.6. The molecule has 2 heterocycles. The number of ether oxygens (including phenoxy) is 1. The first-order valence-corrected chi connectivity index (χ1v) is 12.6. The second-order valence-corrected chi connectivity index (χ2v) is 10.8. The average Bonchev–Trinajstić information content (AvgIpc) is 3.14. The van der Waals surface area contributed by atoms with Crippen molar-refractivity contribution in [3.63, 3.8) is 0 Å². The summed E-state index contributed by atoms with van der Waals surface area (Å²) in [5.74, 6) is 1.16. The Kier molecular flexibility index (Phi) is 7.73. The fourth-order valence-corrected chi connectivity index (χ4v) is 5.51. The second kappa shape index (κ2) is 10.1. The van der Waals surface area contributed by atoms with E-state index in [0.717, 1.165) is 0 Å². The Morgan fingerprint density at radius 1 is 1.23 bits per heavy atom. The minimum Gasteiger partial charge on any atom is -0.379 e. The summed E-state index contributed by atoms with van der Waals surface area (Å²) in [5, 5.41) is 9.26. The van der Waals surface area contributed by atoms with Gasteiger partial charge in [-0.3, -0.25) is 4.79 Å². The highest BCUT2D eigenvalue weighted by Gasteiger charge is 2.27. The van der Waals surface area contributed by atoms with Gasteiger partial charge in [0, 0.05) is 39.3 Å². The molecule has 1 saturated heterocycles. The van der Waals surface area contributed by atoms with Crippen LogP contribution in [0, 0.1) is 5.92 Å². The molecule has 0 unspecified atom stereocenters. The van der Waals surface area contributed by atoms with Crippen molar-refractivity contribution in [1.82, 2.24) is 24.0 Å². The zero-order valence-corrected chi connectivity index (χ0v) is 19.9. The Morgan fingerprint density at radius 3 is 2.58 bits per heavy atom. The van der Waals surface area contributed by atoms with E-state index < -0.39 is 10.0 Å². The minimum absolute atomic E-state index is 0.00995. The summed E-state index contributed by atoms with van der Waals surface area (Å²) in [6.45, 7) is 6.31. The van der Waals surface area contributed by atoms with Crippen molar-refractivity contribution in [2.45, 2.75) is 30.4 Å². The summed E-state index contributed by atoms with van der Waals surface area (Å²) in [6, 6.07) is 6.80. The van der Waals surface area contributed by atoms with E-state index >= 15 is 0 Å². The number of sulfonamides is 1. The first-order chi connectivity index (χ1) is 14.7. The summed E-state index contributed by atoms with van der Waals surface area (Å²) < 4.78 is 34.8. The number of carbonyl (C=O) groups excluding carboxylic acids is 1. The maximum Gasteiger partial charge on any atom is 0.243 e. The molecule has 9 nitrogen and oxygen atoms in total. The molecule has 1 amide bonds. The molecule has 1 aliphatic heterocycles. The van der Waals surface area contributed by atoms with Crippen molar-refractivity contribution in [2.75, 3.05) is 46.2 Å².